The van der Waals surface area contributed by atoms with E-state index in [9.17, 15) is 4.39 Å². The molecule has 0 saturated carbocycles. The minimum absolute atomic E-state index is 0.216. The molecule has 1 aromatic heterocycles. The molecule has 0 saturated heterocycles. The van der Waals surface area contributed by atoms with Crippen molar-refractivity contribution in [1.82, 2.24) is 0 Å². The Kier molecular flexibility index (Phi) is 3.60. The summed E-state index contributed by atoms with van der Waals surface area (Å²) in [6.07, 6.45) is 0. The lowest BCUT2D eigenvalue weighted by molar-refractivity contribution is 0.174. The van der Waals surface area contributed by atoms with Gasteiger partial charge in [0.2, 0.25) is 6.79 Å². The molecule has 0 aliphatic carbocycles. The maximum absolute atomic E-state index is 13.3. The Morgan fingerprint density at radius 2 is 1.58 bits per heavy atom. The molecule has 128 valence electrons. The van der Waals surface area contributed by atoms with Crippen molar-refractivity contribution in [2.24, 2.45) is 0 Å². The highest BCUT2D eigenvalue weighted by atomic mass is 32.2. The van der Waals surface area contributed by atoms with Crippen LogP contribution in [0, 0.1) is 5.82 Å². The first-order valence-corrected chi connectivity index (χ1v) is 8.94. The second-order valence-electron chi connectivity index (χ2n) is 5.88. The zero-order valence-corrected chi connectivity index (χ0v) is 14.4. The molecule has 2 heterocycles. The summed E-state index contributed by atoms with van der Waals surface area (Å²) in [6.45, 7) is 0.216. The molecular formula is C21H13FO3S. The van der Waals surface area contributed by atoms with Gasteiger partial charge in [-0.25, -0.2) is 4.39 Å². The van der Waals surface area contributed by atoms with Gasteiger partial charge in [-0.05, 0) is 42.5 Å². The molecule has 0 radical (unpaired) electrons. The molecule has 5 heteroatoms. The van der Waals surface area contributed by atoms with E-state index in [1.54, 1.807) is 23.9 Å². The van der Waals surface area contributed by atoms with Gasteiger partial charge in [0.05, 0.1) is 4.90 Å². The zero-order chi connectivity index (χ0) is 17.5. The molecule has 4 aromatic rings. The Balaban J connectivity index is 1.72. The van der Waals surface area contributed by atoms with Crippen LogP contribution in [0.15, 0.2) is 80.9 Å². The molecular weight excluding hydrogens is 351 g/mol. The largest absolute Gasteiger partial charge is 0.455 e. The van der Waals surface area contributed by atoms with Gasteiger partial charge in [0.15, 0.2) is 11.5 Å². The summed E-state index contributed by atoms with van der Waals surface area (Å²) in [4.78, 5) is 2.06. The van der Waals surface area contributed by atoms with Crippen molar-refractivity contribution < 1.29 is 18.3 Å². The van der Waals surface area contributed by atoms with Crippen LogP contribution in [0.2, 0.25) is 0 Å². The average molecular weight is 364 g/mol. The highest BCUT2D eigenvalue weighted by molar-refractivity contribution is 7.99. The predicted molar refractivity (Wildman–Crippen MR) is 98.3 cm³/mol. The molecule has 26 heavy (non-hydrogen) atoms. The van der Waals surface area contributed by atoms with Gasteiger partial charge in [0.1, 0.15) is 17.2 Å². The smallest absolute Gasteiger partial charge is 0.231 e. The highest BCUT2D eigenvalue weighted by Gasteiger charge is 2.22. The molecule has 3 aromatic carbocycles. The summed E-state index contributed by atoms with van der Waals surface area (Å²) in [7, 11) is 0. The monoisotopic (exact) mass is 364 g/mol. The fraction of sp³-hybridized carbons (Fsp3) is 0.0476. The summed E-state index contributed by atoms with van der Waals surface area (Å²) in [5.41, 5.74) is 1.54. The van der Waals surface area contributed by atoms with E-state index in [1.165, 1.54) is 12.1 Å². The van der Waals surface area contributed by atoms with Crippen LogP contribution in [-0.4, -0.2) is 6.79 Å². The number of ether oxygens (including phenoxy) is 2. The normalized spacial score (nSPS) is 12.7. The molecule has 0 unspecified atom stereocenters. The van der Waals surface area contributed by atoms with Crippen molar-refractivity contribution in [3.8, 4) is 22.8 Å². The number of fused-ring (bicyclic) bond motifs is 2. The quantitative estimate of drug-likeness (QED) is 0.438. The highest BCUT2D eigenvalue weighted by Crippen LogP contribution is 2.47. The van der Waals surface area contributed by atoms with Crippen LogP contribution in [-0.2, 0) is 0 Å². The third-order valence-electron chi connectivity index (χ3n) is 4.21. The number of hydrogen-bond acceptors (Lipinski definition) is 4. The van der Waals surface area contributed by atoms with Crippen LogP contribution in [0.1, 0.15) is 0 Å². The van der Waals surface area contributed by atoms with Crippen molar-refractivity contribution in [3.05, 3.63) is 72.5 Å². The van der Waals surface area contributed by atoms with E-state index in [0.29, 0.717) is 22.8 Å². The molecule has 0 N–H and O–H groups in total. The zero-order valence-electron chi connectivity index (χ0n) is 13.6. The van der Waals surface area contributed by atoms with Crippen LogP contribution >= 0.6 is 11.8 Å². The van der Waals surface area contributed by atoms with Crippen LogP contribution in [0.4, 0.5) is 4.39 Å². The second kappa shape index (κ2) is 6.11. The van der Waals surface area contributed by atoms with Crippen molar-refractivity contribution in [2.75, 3.05) is 6.79 Å². The van der Waals surface area contributed by atoms with E-state index in [1.807, 2.05) is 42.5 Å². The van der Waals surface area contributed by atoms with Crippen LogP contribution in [0.5, 0.6) is 11.5 Å². The van der Waals surface area contributed by atoms with Gasteiger partial charge in [-0.2, -0.15) is 0 Å². The van der Waals surface area contributed by atoms with Crippen LogP contribution in [0.25, 0.3) is 22.3 Å². The molecule has 0 amide bonds. The Morgan fingerprint density at radius 1 is 0.846 bits per heavy atom. The summed E-state index contributed by atoms with van der Waals surface area (Å²) in [6, 6.07) is 20.2. The fourth-order valence-corrected chi connectivity index (χ4v) is 4.01. The molecule has 0 fully saturated rings. The molecule has 0 spiro atoms. The van der Waals surface area contributed by atoms with Gasteiger partial charge < -0.3 is 13.9 Å². The Morgan fingerprint density at radius 3 is 2.35 bits per heavy atom. The predicted octanol–water partition coefficient (Wildman–Crippen LogP) is 6.12. The Labute approximate surface area is 153 Å². The minimum Gasteiger partial charge on any atom is -0.455 e. The van der Waals surface area contributed by atoms with Gasteiger partial charge in [0.25, 0.3) is 0 Å². The van der Waals surface area contributed by atoms with E-state index in [0.717, 1.165) is 20.7 Å². The van der Waals surface area contributed by atoms with E-state index < -0.39 is 0 Å². The van der Waals surface area contributed by atoms with Gasteiger partial charge >= 0.3 is 0 Å². The average Bonchev–Trinajstić information content (AvgIpc) is 3.26. The molecule has 3 nitrogen and oxygen atoms in total. The van der Waals surface area contributed by atoms with Crippen LogP contribution in [0.3, 0.4) is 0 Å². The summed E-state index contributed by atoms with van der Waals surface area (Å²) in [5.74, 6) is 1.81. The van der Waals surface area contributed by atoms with Gasteiger partial charge in [-0.1, -0.05) is 30.0 Å². The number of hydrogen-bond donors (Lipinski definition) is 0. The lowest BCUT2D eigenvalue weighted by Crippen LogP contribution is -1.92. The standard InChI is InChI=1S/C21H13FO3S/c22-14-8-6-13(7-9-14)20-21(26-15-4-2-1-3-5-15)16-10-18-19(24-12-23-18)11-17(16)25-20/h1-11H,12H2. The van der Waals surface area contributed by atoms with Gasteiger partial charge in [-0.3, -0.25) is 0 Å². The third-order valence-corrected chi connectivity index (χ3v) is 5.32. The number of furan rings is 1. The van der Waals surface area contributed by atoms with Crippen molar-refractivity contribution >= 4 is 22.7 Å². The topological polar surface area (TPSA) is 31.6 Å². The van der Waals surface area contributed by atoms with Crippen molar-refractivity contribution in [1.29, 1.82) is 0 Å². The molecule has 0 bridgehead atoms. The minimum atomic E-state index is -0.275. The number of benzene rings is 3. The van der Waals surface area contributed by atoms with E-state index in [4.69, 9.17) is 13.9 Å². The Bertz CT molecular complexity index is 1090. The van der Waals surface area contributed by atoms with Gasteiger partial charge in [-0.15, -0.1) is 0 Å². The fourth-order valence-electron chi connectivity index (χ4n) is 2.96. The molecule has 0 atom stereocenters. The third kappa shape index (κ3) is 2.61. The molecule has 1 aliphatic rings. The van der Waals surface area contributed by atoms with E-state index in [2.05, 4.69) is 0 Å². The lowest BCUT2D eigenvalue weighted by atomic mass is 10.1. The number of halogens is 1. The van der Waals surface area contributed by atoms with Crippen LogP contribution < -0.4 is 9.47 Å². The maximum Gasteiger partial charge on any atom is 0.231 e. The lowest BCUT2D eigenvalue weighted by Gasteiger charge is -2.04. The van der Waals surface area contributed by atoms with E-state index >= 15 is 0 Å². The molecule has 5 rings (SSSR count). The SMILES string of the molecule is Fc1ccc(-c2oc3cc4c(cc3c2Sc2ccccc2)OCO4)cc1. The Hall–Kier alpha value is -2.92. The first-order valence-electron chi connectivity index (χ1n) is 8.13. The number of rotatable bonds is 3. The van der Waals surface area contributed by atoms with E-state index in [-0.39, 0.29) is 12.6 Å². The summed E-state index contributed by atoms with van der Waals surface area (Å²) >= 11 is 1.61. The first kappa shape index (κ1) is 15.3. The van der Waals surface area contributed by atoms with Crippen molar-refractivity contribution in [2.45, 2.75) is 9.79 Å². The summed E-state index contributed by atoms with van der Waals surface area (Å²) < 4.78 is 30.5. The maximum atomic E-state index is 13.3. The first-order chi connectivity index (χ1) is 12.8. The summed E-state index contributed by atoms with van der Waals surface area (Å²) in [5, 5.41) is 0.947. The molecule has 1 aliphatic heterocycles. The second-order valence-corrected chi connectivity index (χ2v) is 6.97. The van der Waals surface area contributed by atoms with Gasteiger partial charge in [0, 0.05) is 21.9 Å². The van der Waals surface area contributed by atoms with Crippen molar-refractivity contribution in [3.63, 3.8) is 0 Å².